The first-order valence-electron chi connectivity index (χ1n) is 10.3. The molecule has 0 bridgehead atoms. The monoisotopic (exact) mass is 443 g/mol. The Morgan fingerprint density at radius 3 is 1.97 bits per heavy atom. The molecule has 0 unspecified atom stereocenters. The molecule has 11 heteroatoms. The first-order chi connectivity index (χ1) is 15.4. The average Bonchev–Trinajstić information content (AvgIpc) is 2.84. The van der Waals surface area contributed by atoms with Gasteiger partial charge in [0.05, 0.1) is 18.9 Å². The minimum Gasteiger partial charge on any atom is -0.378 e. The first kappa shape index (κ1) is 21.6. The lowest BCUT2D eigenvalue weighted by atomic mass is 10.2. The van der Waals surface area contributed by atoms with Gasteiger partial charge in [0, 0.05) is 45.3 Å². The van der Waals surface area contributed by atoms with E-state index in [9.17, 15) is 23.6 Å². The van der Waals surface area contributed by atoms with E-state index in [2.05, 4.69) is 5.10 Å². The molecule has 2 aliphatic rings. The van der Waals surface area contributed by atoms with Crippen molar-refractivity contribution >= 4 is 17.7 Å². The highest BCUT2D eigenvalue weighted by molar-refractivity contribution is 6.34. The van der Waals surface area contributed by atoms with Gasteiger partial charge in [-0.2, -0.15) is 9.78 Å². The fourth-order valence-corrected chi connectivity index (χ4v) is 3.60. The van der Waals surface area contributed by atoms with Crippen LogP contribution in [-0.2, 0) is 14.3 Å². The van der Waals surface area contributed by atoms with Crippen molar-refractivity contribution in [1.29, 1.82) is 0 Å². The molecule has 2 aromatic rings. The van der Waals surface area contributed by atoms with Crippen LogP contribution >= 0.6 is 0 Å². The number of rotatable bonds is 2. The molecule has 1 aromatic carbocycles. The number of nitrogens with zero attached hydrogens (tertiary/aromatic N) is 5. The molecule has 2 aliphatic heterocycles. The number of carbonyl (C=O) groups excluding carboxylic acids is 3. The zero-order valence-corrected chi connectivity index (χ0v) is 17.3. The van der Waals surface area contributed by atoms with Crippen LogP contribution in [0.2, 0.25) is 0 Å². The van der Waals surface area contributed by atoms with E-state index in [4.69, 9.17) is 4.74 Å². The molecule has 2 saturated heterocycles. The SMILES string of the molecule is O=C(C(=O)N1CCN(C(=O)c2ccc(=O)n(-c3ccc(F)cc3)n2)CC1)N1CCOCC1. The molecule has 2 fully saturated rings. The number of halogens is 1. The van der Waals surface area contributed by atoms with Gasteiger partial charge >= 0.3 is 11.8 Å². The molecule has 4 rings (SSSR count). The van der Waals surface area contributed by atoms with E-state index in [0.29, 0.717) is 32.0 Å². The maximum Gasteiger partial charge on any atom is 0.312 e. The van der Waals surface area contributed by atoms with Crippen LogP contribution in [0, 0.1) is 5.82 Å². The second-order valence-corrected chi connectivity index (χ2v) is 7.43. The van der Waals surface area contributed by atoms with E-state index in [1.54, 1.807) is 0 Å². The van der Waals surface area contributed by atoms with Gasteiger partial charge in [-0.15, -0.1) is 0 Å². The standard InChI is InChI=1S/C21H22FN5O5/c22-15-1-3-16(4-2-15)27-18(28)6-5-17(23-27)19(29)24-7-9-25(10-8-24)20(30)21(31)26-11-13-32-14-12-26/h1-6H,7-14H2. The number of hydrogen-bond donors (Lipinski definition) is 0. The Morgan fingerprint density at radius 2 is 1.34 bits per heavy atom. The predicted molar refractivity (Wildman–Crippen MR) is 110 cm³/mol. The largest absolute Gasteiger partial charge is 0.378 e. The number of morpholine rings is 1. The van der Waals surface area contributed by atoms with Crippen molar-refractivity contribution in [2.75, 3.05) is 52.5 Å². The zero-order chi connectivity index (χ0) is 22.7. The molecule has 3 amide bonds. The molecule has 0 spiro atoms. The summed E-state index contributed by atoms with van der Waals surface area (Å²) in [6, 6.07) is 7.76. The summed E-state index contributed by atoms with van der Waals surface area (Å²) in [6.07, 6.45) is 0. The fourth-order valence-electron chi connectivity index (χ4n) is 3.60. The summed E-state index contributed by atoms with van der Waals surface area (Å²) in [5, 5.41) is 4.13. The molecule has 0 aliphatic carbocycles. The molecular weight excluding hydrogens is 421 g/mol. The van der Waals surface area contributed by atoms with Crippen LogP contribution in [0.15, 0.2) is 41.2 Å². The maximum atomic E-state index is 13.2. The Bertz CT molecular complexity index is 1070. The van der Waals surface area contributed by atoms with Crippen LogP contribution in [0.1, 0.15) is 10.5 Å². The molecular formula is C21H22FN5O5. The van der Waals surface area contributed by atoms with Crippen LogP contribution < -0.4 is 5.56 Å². The average molecular weight is 443 g/mol. The van der Waals surface area contributed by atoms with Crippen LogP contribution in [0.25, 0.3) is 5.69 Å². The lowest BCUT2D eigenvalue weighted by Gasteiger charge is -2.35. The summed E-state index contributed by atoms with van der Waals surface area (Å²) in [7, 11) is 0. The van der Waals surface area contributed by atoms with Crippen molar-refractivity contribution in [1.82, 2.24) is 24.5 Å². The molecule has 168 valence electrons. The number of benzene rings is 1. The van der Waals surface area contributed by atoms with Gasteiger partial charge in [0.25, 0.3) is 11.5 Å². The molecule has 0 N–H and O–H groups in total. The quantitative estimate of drug-likeness (QED) is 0.581. The minimum atomic E-state index is -0.581. The molecule has 1 aromatic heterocycles. The molecule has 32 heavy (non-hydrogen) atoms. The first-order valence-corrected chi connectivity index (χ1v) is 10.3. The predicted octanol–water partition coefficient (Wildman–Crippen LogP) is -0.485. The van der Waals surface area contributed by atoms with Crippen LogP contribution in [0.5, 0.6) is 0 Å². The number of piperazine rings is 1. The van der Waals surface area contributed by atoms with E-state index < -0.39 is 29.1 Å². The zero-order valence-electron chi connectivity index (χ0n) is 17.3. The molecule has 10 nitrogen and oxygen atoms in total. The van der Waals surface area contributed by atoms with E-state index in [1.807, 2.05) is 0 Å². The van der Waals surface area contributed by atoms with E-state index in [0.717, 1.165) is 4.68 Å². The summed E-state index contributed by atoms with van der Waals surface area (Å²) in [5.41, 5.74) is -0.0635. The topological polar surface area (TPSA) is 105 Å². The lowest BCUT2D eigenvalue weighted by Crippen LogP contribution is -2.55. The van der Waals surface area contributed by atoms with Crippen LogP contribution in [0.4, 0.5) is 4.39 Å². The second-order valence-electron chi connectivity index (χ2n) is 7.43. The Balaban J connectivity index is 1.41. The molecule has 3 heterocycles. The van der Waals surface area contributed by atoms with Gasteiger partial charge in [0.1, 0.15) is 11.5 Å². The minimum absolute atomic E-state index is 0.0538. The van der Waals surface area contributed by atoms with Crippen LogP contribution in [0.3, 0.4) is 0 Å². The fraction of sp³-hybridized carbons (Fsp3) is 0.381. The summed E-state index contributed by atoms with van der Waals surface area (Å²) in [6.45, 7) is 2.51. The second kappa shape index (κ2) is 9.27. The van der Waals surface area contributed by atoms with E-state index in [-0.39, 0.29) is 31.9 Å². The summed E-state index contributed by atoms with van der Waals surface area (Å²) >= 11 is 0. The van der Waals surface area contributed by atoms with E-state index in [1.165, 1.54) is 51.1 Å². The molecule has 0 atom stereocenters. The van der Waals surface area contributed by atoms with Crippen molar-refractivity contribution < 1.29 is 23.5 Å². The highest BCUT2D eigenvalue weighted by Crippen LogP contribution is 2.10. The molecule has 0 saturated carbocycles. The van der Waals surface area contributed by atoms with Gasteiger partial charge in [0.15, 0.2) is 0 Å². The van der Waals surface area contributed by atoms with Crippen molar-refractivity contribution in [2.24, 2.45) is 0 Å². The number of aromatic nitrogens is 2. The van der Waals surface area contributed by atoms with Gasteiger partial charge in [-0.05, 0) is 30.3 Å². The molecule has 0 radical (unpaired) electrons. The Labute approximate surface area is 182 Å². The number of hydrogen-bond acceptors (Lipinski definition) is 6. The Kier molecular flexibility index (Phi) is 6.26. The number of carbonyl (C=O) groups is 3. The van der Waals surface area contributed by atoms with Gasteiger partial charge in [-0.25, -0.2) is 4.39 Å². The summed E-state index contributed by atoms with van der Waals surface area (Å²) < 4.78 is 19.4. The highest BCUT2D eigenvalue weighted by atomic mass is 19.1. The van der Waals surface area contributed by atoms with Crippen molar-refractivity contribution in [2.45, 2.75) is 0 Å². The van der Waals surface area contributed by atoms with Crippen LogP contribution in [-0.4, -0.2) is 94.7 Å². The van der Waals surface area contributed by atoms with Gasteiger partial charge < -0.3 is 19.4 Å². The maximum absolute atomic E-state index is 13.2. The Hall–Kier alpha value is -3.60. The number of amides is 3. The highest BCUT2D eigenvalue weighted by Gasteiger charge is 2.32. The van der Waals surface area contributed by atoms with Crippen molar-refractivity contribution in [3.8, 4) is 5.69 Å². The normalized spacial score (nSPS) is 16.7. The van der Waals surface area contributed by atoms with E-state index >= 15 is 0 Å². The third kappa shape index (κ3) is 4.52. The smallest absolute Gasteiger partial charge is 0.312 e. The van der Waals surface area contributed by atoms with Gasteiger partial charge in [-0.1, -0.05) is 0 Å². The van der Waals surface area contributed by atoms with Crippen molar-refractivity contribution in [3.63, 3.8) is 0 Å². The Morgan fingerprint density at radius 1 is 0.781 bits per heavy atom. The van der Waals surface area contributed by atoms with Gasteiger partial charge in [-0.3, -0.25) is 19.2 Å². The van der Waals surface area contributed by atoms with Gasteiger partial charge in [0.2, 0.25) is 0 Å². The summed E-state index contributed by atoms with van der Waals surface area (Å²) in [5.74, 6) is -1.98. The number of ether oxygens (including phenoxy) is 1. The lowest BCUT2D eigenvalue weighted by molar-refractivity contribution is -0.154. The third-order valence-corrected chi connectivity index (χ3v) is 5.43. The third-order valence-electron chi connectivity index (χ3n) is 5.43. The summed E-state index contributed by atoms with van der Waals surface area (Å²) in [4.78, 5) is 54.4. The van der Waals surface area contributed by atoms with Crippen molar-refractivity contribution in [3.05, 3.63) is 58.3 Å².